The molecule has 0 saturated heterocycles. The van der Waals surface area contributed by atoms with Gasteiger partial charge in [0.05, 0.1) is 11.8 Å². The second kappa shape index (κ2) is 5.73. The van der Waals surface area contributed by atoms with E-state index < -0.39 is 0 Å². The van der Waals surface area contributed by atoms with Crippen molar-refractivity contribution in [2.75, 3.05) is 13.2 Å². The molecular weight excluding hydrogens is 232 g/mol. The van der Waals surface area contributed by atoms with E-state index in [4.69, 9.17) is 9.52 Å². The molecule has 0 saturated carbocycles. The molecule has 2 rings (SSSR count). The summed E-state index contributed by atoms with van der Waals surface area (Å²) < 4.78 is 5.19. The van der Waals surface area contributed by atoms with E-state index in [1.165, 1.54) is 0 Å². The number of aromatic nitrogens is 1. The van der Waals surface area contributed by atoms with Gasteiger partial charge in [-0.1, -0.05) is 13.3 Å². The lowest BCUT2D eigenvalue weighted by molar-refractivity contribution is 0.0939. The van der Waals surface area contributed by atoms with Gasteiger partial charge in [-0.25, -0.2) is 0 Å². The van der Waals surface area contributed by atoms with E-state index in [2.05, 4.69) is 10.3 Å². The molecule has 0 aliphatic carbocycles. The fourth-order valence-corrected chi connectivity index (χ4v) is 1.94. The Kier molecular flexibility index (Phi) is 4.04. The smallest absolute Gasteiger partial charge is 0.267 e. The average molecular weight is 250 g/mol. The molecular formula is C13H18N2O3. The fraction of sp³-hybridized carbons (Fsp3) is 0.462. The van der Waals surface area contributed by atoms with Gasteiger partial charge < -0.3 is 19.8 Å². The van der Waals surface area contributed by atoms with E-state index in [0.29, 0.717) is 30.2 Å². The molecule has 0 aromatic carbocycles. The number of rotatable bonds is 6. The van der Waals surface area contributed by atoms with Crippen molar-refractivity contribution in [2.45, 2.75) is 19.8 Å². The maximum Gasteiger partial charge on any atom is 0.267 e. The third kappa shape index (κ3) is 2.73. The summed E-state index contributed by atoms with van der Waals surface area (Å²) in [4.78, 5) is 14.9. The summed E-state index contributed by atoms with van der Waals surface area (Å²) in [5.41, 5.74) is 2.01. The molecule has 0 aliphatic heterocycles. The molecule has 5 nitrogen and oxygen atoms in total. The van der Waals surface area contributed by atoms with Gasteiger partial charge in [0.1, 0.15) is 5.69 Å². The highest BCUT2D eigenvalue weighted by Gasteiger charge is 2.12. The lowest BCUT2D eigenvalue weighted by Crippen LogP contribution is -2.29. The van der Waals surface area contributed by atoms with Crippen LogP contribution < -0.4 is 5.32 Å². The van der Waals surface area contributed by atoms with E-state index in [1.807, 2.05) is 6.92 Å². The fourth-order valence-electron chi connectivity index (χ4n) is 1.94. The topological polar surface area (TPSA) is 78.3 Å². The van der Waals surface area contributed by atoms with Crippen LogP contribution in [-0.2, 0) is 0 Å². The van der Waals surface area contributed by atoms with Crippen molar-refractivity contribution in [1.29, 1.82) is 0 Å². The molecule has 5 heteroatoms. The minimum Gasteiger partial charge on any atom is -0.463 e. The second-order valence-electron chi connectivity index (χ2n) is 4.38. The predicted molar refractivity (Wildman–Crippen MR) is 68.4 cm³/mol. The number of aliphatic hydroxyl groups excluding tert-OH is 1. The summed E-state index contributed by atoms with van der Waals surface area (Å²) in [5, 5.41) is 11.7. The minimum absolute atomic E-state index is 0.141. The van der Waals surface area contributed by atoms with E-state index >= 15 is 0 Å². The molecule has 1 unspecified atom stereocenters. The monoisotopic (exact) mass is 250 g/mol. The summed E-state index contributed by atoms with van der Waals surface area (Å²) >= 11 is 0. The molecule has 0 bridgehead atoms. The minimum atomic E-state index is -0.141. The van der Waals surface area contributed by atoms with Crippen LogP contribution in [0.5, 0.6) is 0 Å². The molecule has 1 amide bonds. The van der Waals surface area contributed by atoms with Gasteiger partial charge >= 0.3 is 0 Å². The highest BCUT2D eigenvalue weighted by molar-refractivity contribution is 5.96. The molecule has 0 spiro atoms. The van der Waals surface area contributed by atoms with Crippen LogP contribution in [0.4, 0.5) is 0 Å². The summed E-state index contributed by atoms with van der Waals surface area (Å²) in [7, 11) is 0. The first-order valence-corrected chi connectivity index (χ1v) is 6.19. The van der Waals surface area contributed by atoms with E-state index in [-0.39, 0.29) is 12.5 Å². The number of hydrogen-bond acceptors (Lipinski definition) is 3. The summed E-state index contributed by atoms with van der Waals surface area (Å²) in [6, 6.07) is 3.48. The van der Waals surface area contributed by atoms with Gasteiger partial charge in [0.15, 0.2) is 5.58 Å². The Hall–Kier alpha value is -1.75. The number of fused-ring (bicyclic) bond motifs is 1. The zero-order valence-corrected chi connectivity index (χ0v) is 10.4. The van der Waals surface area contributed by atoms with E-state index in [0.717, 1.165) is 11.9 Å². The number of hydrogen-bond donors (Lipinski definition) is 3. The Balaban J connectivity index is 1.93. The number of carbonyl (C=O) groups excluding carboxylic acids is 1. The van der Waals surface area contributed by atoms with Crippen LogP contribution >= 0.6 is 0 Å². The van der Waals surface area contributed by atoms with Gasteiger partial charge in [-0.15, -0.1) is 0 Å². The van der Waals surface area contributed by atoms with Crippen LogP contribution in [0.25, 0.3) is 11.1 Å². The average Bonchev–Trinajstić information content (AvgIpc) is 2.94. The molecule has 0 radical (unpaired) electrons. The van der Waals surface area contributed by atoms with Crippen LogP contribution in [-0.4, -0.2) is 29.1 Å². The van der Waals surface area contributed by atoms with Gasteiger partial charge in [-0.05, 0) is 12.3 Å². The number of H-pyrrole nitrogens is 1. The Morgan fingerprint density at radius 3 is 3.11 bits per heavy atom. The maximum absolute atomic E-state index is 11.9. The van der Waals surface area contributed by atoms with Crippen molar-refractivity contribution in [1.82, 2.24) is 10.3 Å². The van der Waals surface area contributed by atoms with Gasteiger partial charge in [-0.3, -0.25) is 4.79 Å². The lowest BCUT2D eigenvalue weighted by atomic mass is 10.0. The highest BCUT2D eigenvalue weighted by Crippen LogP contribution is 2.16. The largest absolute Gasteiger partial charge is 0.463 e. The molecule has 98 valence electrons. The highest BCUT2D eigenvalue weighted by atomic mass is 16.3. The van der Waals surface area contributed by atoms with Crippen molar-refractivity contribution in [3.8, 4) is 0 Å². The summed E-state index contributed by atoms with van der Waals surface area (Å²) in [6.07, 6.45) is 3.23. The maximum atomic E-state index is 11.9. The number of nitrogens with one attached hydrogen (secondary N) is 2. The van der Waals surface area contributed by atoms with E-state index in [9.17, 15) is 4.79 Å². The predicted octanol–water partition coefficient (Wildman–Crippen LogP) is 1.90. The molecule has 2 aromatic heterocycles. The van der Waals surface area contributed by atoms with Crippen LogP contribution in [0, 0.1) is 5.92 Å². The Morgan fingerprint density at radius 2 is 2.44 bits per heavy atom. The summed E-state index contributed by atoms with van der Waals surface area (Å²) in [6.45, 7) is 2.79. The molecule has 0 fully saturated rings. The van der Waals surface area contributed by atoms with Gasteiger partial charge in [0.2, 0.25) is 0 Å². The number of aromatic amines is 1. The number of amides is 1. The molecule has 18 heavy (non-hydrogen) atoms. The molecule has 0 aliphatic rings. The SMILES string of the molecule is CCC(CCO)CNC(=O)c1cc2occc2[nH]1. The normalized spacial score (nSPS) is 12.8. The number of aliphatic hydroxyl groups is 1. The molecule has 3 N–H and O–H groups in total. The number of furan rings is 1. The molecule has 2 heterocycles. The molecule has 1 atom stereocenters. The lowest BCUT2D eigenvalue weighted by Gasteiger charge is -2.13. The van der Waals surface area contributed by atoms with Crippen LogP contribution in [0.15, 0.2) is 22.8 Å². The van der Waals surface area contributed by atoms with Crippen molar-refractivity contribution < 1.29 is 14.3 Å². The van der Waals surface area contributed by atoms with Crippen molar-refractivity contribution in [3.05, 3.63) is 24.1 Å². The van der Waals surface area contributed by atoms with E-state index in [1.54, 1.807) is 18.4 Å². The van der Waals surface area contributed by atoms with Gasteiger partial charge in [0.25, 0.3) is 5.91 Å². The zero-order valence-electron chi connectivity index (χ0n) is 10.4. The van der Waals surface area contributed by atoms with Crippen molar-refractivity contribution >= 4 is 17.0 Å². The van der Waals surface area contributed by atoms with Gasteiger partial charge in [0, 0.05) is 25.3 Å². The zero-order chi connectivity index (χ0) is 13.0. The van der Waals surface area contributed by atoms with Crippen LogP contribution in [0.1, 0.15) is 30.3 Å². The Bertz CT molecular complexity index is 487. The number of carbonyl (C=O) groups is 1. The summed E-state index contributed by atoms with van der Waals surface area (Å²) in [5.74, 6) is 0.176. The third-order valence-corrected chi connectivity index (χ3v) is 3.15. The van der Waals surface area contributed by atoms with Crippen LogP contribution in [0.3, 0.4) is 0 Å². The third-order valence-electron chi connectivity index (χ3n) is 3.15. The first-order valence-electron chi connectivity index (χ1n) is 6.19. The van der Waals surface area contributed by atoms with Crippen molar-refractivity contribution in [3.63, 3.8) is 0 Å². The van der Waals surface area contributed by atoms with Gasteiger partial charge in [-0.2, -0.15) is 0 Å². The second-order valence-corrected chi connectivity index (χ2v) is 4.38. The van der Waals surface area contributed by atoms with Crippen LogP contribution in [0.2, 0.25) is 0 Å². The van der Waals surface area contributed by atoms with Crippen molar-refractivity contribution in [2.24, 2.45) is 5.92 Å². The first-order chi connectivity index (χ1) is 8.74. The Morgan fingerprint density at radius 1 is 1.61 bits per heavy atom. The first kappa shape index (κ1) is 12.7. The standard InChI is InChI=1S/C13H18N2O3/c1-2-9(3-5-16)8-14-13(17)11-7-12-10(15-11)4-6-18-12/h4,6-7,9,15-16H,2-3,5,8H2,1H3,(H,14,17). The Labute approximate surface area is 105 Å². The molecule has 2 aromatic rings. The quantitative estimate of drug-likeness (QED) is 0.732.